The Hall–Kier alpha value is -1.06. The molecule has 2 fully saturated rings. The molecule has 2 saturated heterocycles. The van der Waals surface area contributed by atoms with E-state index in [1.807, 2.05) is 24.3 Å². The second kappa shape index (κ2) is 5.38. The Kier molecular flexibility index (Phi) is 3.74. The first-order chi connectivity index (χ1) is 9.61. The van der Waals surface area contributed by atoms with Crippen molar-refractivity contribution in [2.45, 2.75) is 37.3 Å². The van der Waals surface area contributed by atoms with Crippen LogP contribution in [-0.4, -0.2) is 37.1 Å². The first-order valence-electron chi connectivity index (χ1n) is 7.17. The lowest BCUT2D eigenvalue weighted by atomic mass is 9.76. The zero-order valence-corrected chi connectivity index (χ0v) is 12.6. The molecule has 2 bridgehead atoms. The molecule has 2 heterocycles. The van der Waals surface area contributed by atoms with Gasteiger partial charge in [-0.1, -0.05) is 23.7 Å². The summed E-state index contributed by atoms with van der Waals surface area (Å²) < 4.78 is 5.07. The van der Waals surface area contributed by atoms with Gasteiger partial charge in [-0.25, -0.2) is 0 Å². The van der Waals surface area contributed by atoms with Crippen molar-refractivity contribution < 1.29 is 9.53 Å². The van der Waals surface area contributed by atoms with Crippen LogP contribution in [0.4, 0.5) is 0 Å². The van der Waals surface area contributed by atoms with E-state index in [1.54, 1.807) is 0 Å². The second-order valence-electron chi connectivity index (χ2n) is 5.91. The van der Waals surface area contributed by atoms with Gasteiger partial charge in [0.05, 0.1) is 13.0 Å². The van der Waals surface area contributed by atoms with Crippen LogP contribution in [-0.2, 0) is 9.53 Å². The van der Waals surface area contributed by atoms with E-state index in [9.17, 15) is 4.79 Å². The summed E-state index contributed by atoms with van der Waals surface area (Å²) in [7, 11) is 3.62. The Labute approximate surface area is 124 Å². The van der Waals surface area contributed by atoms with Crippen LogP contribution in [0.3, 0.4) is 0 Å². The van der Waals surface area contributed by atoms with Crippen molar-refractivity contribution in [1.82, 2.24) is 4.90 Å². The molecule has 20 heavy (non-hydrogen) atoms. The molecule has 0 aromatic heterocycles. The number of rotatable bonds is 2. The van der Waals surface area contributed by atoms with Gasteiger partial charge in [-0.15, -0.1) is 0 Å². The van der Waals surface area contributed by atoms with Gasteiger partial charge in [0.2, 0.25) is 0 Å². The number of methoxy groups -OCH3 is 1. The van der Waals surface area contributed by atoms with E-state index in [0.29, 0.717) is 12.1 Å². The molecule has 0 N–H and O–H groups in total. The molecule has 1 aromatic rings. The molecular weight excluding hydrogens is 273 g/mol. The van der Waals surface area contributed by atoms with E-state index in [0.717, 1.165) is 17.9 Å². The third kappa shape index (κ3) is 2.23. The minimum absolute atomic E-state index is 0.0649. The number of hydrogen-bond acceptors (Lipinski definition) is 3. The smallest absolute Gasteiger partial charge is 0.310 e. The van der Waals surface area contributed by atoms with E-state index in [2.05, 4.69) is 11.9 Å². The molecule has 0 saturated carbocycles. The number of fused-ring (bicyclic) bond motifs is 2. The third-order valence-electron chi connectivity index (χ3n) is 5.04. The van der Waals surface area contributed by atoms with Gasteiger partial charge in [0, 0.05) is 23.0 Å². The highest BCUT2D eigenvalue weighted by Gasteiger charge is 2.49. The second-order valence-corrected chi connectivity index (χ2v) is 6.34. The monoisotopic (exact) mass is 292 g/mol. The molecule has 0 spiro atoms. The van der Waals surface area contributed by atoms with Crippen LogP contribution in [0.5, 0.6) is 0 Å². The molecule has 108 valence electrons. The minimum atomic E-state index is -0.0813. The Morgan fingerprint density at radius 3 is 2.65 bits per heavy atom. The summed E-state index contributed by atoms with van der Waals surface area (Å²) in [6, 6.07) is 8.81. The maximum Gasteiger partial charge on any atom is 0.310 e. The molecule has 2 aliphatic heterocycles. The zero-order valence-electron chi connectivity index (χ0n) is 11.9. The van der Waals surface area contributed by atoms with Crippen molar-refractivity contribution in [3.8, 4) is 0 Å². The topological polar surface area (TPSA) is 29.5 Å². The molecule has 2 aliphatic rings. The lowest BCUT2D eigenvalue weighted by Crippen LogP contribution is -2.49. The van der Waals surface area contributed by atoms with Crippen LogP contribution in [0.2, 0.25) is 5.02 Å². The van der Waals surface area contributed by atoms with Gasteiger partial charge >= 0.3 is 5.97 Å². The van der Waals surface area contributed by atoms with Gasteiger partial charge in [0.1, 0.15) is 0 Å². The molecule has 2 unspecified atom stereocenters. The van der Waals surface area contributed by atoms with E-state index in [4.69, 9.17) is 16.3 Å². The Balaban J connectivity index is 1.95. The van der Waals surface area contributed by atoms with Crippen LogP contribution < -0.4 is 0 Å². The Morgan fingerprint density at radius 1 is 1.30 bits per heavy atom. The van der Waals surface area contributed by atoms with Crippen LogP contribution in [0, 0.1) is 5.92 Å². The van der Waals surface area contributed by atoms with E-state index in [-0.39, 0.29) is 17.8 Å². The van der Waals surface area contributed by atoms with Crippen LogP contribution in [0.25, 0.3) is 0 Å². The molecule has 0 aliphatic carbocycles. The summed E-state index contributed by atoms with van der Waals surface area (Å²) in [5.41, 5.74) is 1.20. The maximum atomic E-state index is 12.3. The first-order valence-corrected chi connectivity index (χ1v) is 7.55. The summed E-state index contributed by atoms with van der Waals surface area (Å²) >= 11 is 5.97. The fraction of sp³-hybridized carbons (Fsp3) is 0.562. The zero-order chi connectivity index (χ0) is 14.3. The predicted molar refractivity (Wildman–Crippen MR) is 78.9 cm³/mol. The number of carbonyl (C=O) groups is 1. The van der Waals surface area contributed by atoms with Gasteiger partial charge in [-0.05, 0) is 44.0 Å². The van der Waals surface area contributed by atoms with Gasteiger partial charge in [-0.3, -0.25) is 9.69 Å². The predicted octanol–water partition coefficient (Wildman–Crippen LogP) is 3.08. The van der Waals surface area contributed by atoms with Crippen molar-refractivity contribution in [2.24, 2.45) is 5.92 Å². The summed E-state index contributed by atoms with van der Waals surface area (Å²) in [6.45, 7) is 0. The molecule has 0 radical (unpaired) electrons. The van der Waals surface area contributed by atoms with E-state index < -0.39 is 0 Å². The molecule has 3 nitrogen and oxygen atoms in total. The normalized spacial score (nSPS) is 33.1. The van der Waals surface area contributed by atoms with Gasteiger partial charge in [0.25, 0.3) is 0 Å². The number of benzene rings is 1. The summed E-state index contributed by atoms with van der Waals surface area (Å²) in [4.78, 5) is 14.6. The first kappa shape index (κ1) is 13.9. The summed E-state index contributed by atoms with van der Waals surface area (Å²) in [5.74, 6) is 0.0977. The highest BCUT2D eigenvalue weighted by Crippen LogP contribution is 2.46. The average Bonchev–Trinajstić information content (AvgIpc) is 2.70. The maximum absolute atomic E-state index is 12.3. The number of ether oxygens (including phenoxy) is 1. The van der Waals surface area contributed by atoms with Crippen molar-refractivity contribution in [3.05, 3.63) is 34.9 Å². The molecule has 0 amide bonds. The van der Waals surface area contributed by atoms with Crippen molar-refractivity contribution >= 4 is 17.6 Å². The number of piperidine rings is 1. The molecule has 1 aromatic carbocycles. The number of halogens is 1. The van der Waals surface area contributed by atoms with E-state index >= 15 is 0 Å². The fourth-order valence-corrected chi connectivity index (χ4v) is 4.10. The highest BCUT2D eigenvalue weighted by molar-refractivity contribution is 6.30. The number of esters is 1. The summed E-state index contributed by atoms with van der Waals surface area (Å²) in [6.07, 6.45) is 3.29. The average molecular weight is 293 g/mol. The largest absolute Gasteiger partial charge is 0.469 e. The highest BCUT2D eigenvalue weighted by atomic mass is 35.5. The number of nitrogens with zero attached hydrogens (tertiary/aromatic N) is 1. The number of carbonyl (C=O) groups excluding carboxylic acids is 1. The van der Waals surface area contributed by atoms with Crippen LogP contribution >= 0.6 is 11.6 Å². The lowest BCUT2D eigenvalue weighted by Gasteiger charge is -2.41. The Morgan fingerprint density at radius 2 is 2.00 bits per heavy atom. The SMILES string of the molecule is CN1C2CCC1[C@@H](C(=O)O[11CH3])[C@@H](c1ccc(Cl)cc1)C2. The van der Waals surface area contributed by atoms with Crippen molar-refractivity contribution in [2.75, 3.05) is 14.2 Å². The van der Waals surface area contributed by atoms with Gasteiger partial charge in [0.15, 0.2) is 0 Å². The van der Waals surface area contributed by atoms with Gasteiger partial charge < -0.3 is 4.74 Å². The lowest BCUT2D eigenvalue weighted by molar-refractivity contribution is -0.150. The minimum Gasteiger partial charge on any atom is -0.469 e. The van der Waals surface area contributed by atoms with Gasteiger partial charge in [-0.2, -0.15) is 0 Å². The molecule has 4 heteroatoms. The molecule has 3 rings (SSSR count). The van der Waals surface area contributed by atoms with Crippen LogP contribution in [0.1, 0.15) is 30.7 Å². The van der Waals surface area contributed by atoms with Crippen LogP contribution in [0.15, 0.2) is 24.3 Å². The molecular formula is C16H20ClNO2. The van der Waals surface area contributed by atoms with E-state index in [1.165, 1.54) is 19.1 Å². The van der Waals surface area contributed by atoms with Crippen molar-refractivity contribution in [1.29, 1.82) is 0 Å². The fourth-order valence-electron chi connectivity index (χ4n) is 3.98. The quantitative estimate of drug-likeness (QED) is 0.785. The summed E-state index contributed by atoms with van der Waals surface area (Å²) in [5, 5.41) is 0.735. The molecule has 4 atom stereocenters. The Bertz CT molecular complexity index is 502. The third-order valence-corrected chi connectivity index (χ3v) is 5.29. The number of hydrogen-bond donors (Lipinski definition) is 0. The standard InChI is InChI=1S/C16H20ClNO2/c1-18-12-7-8-14(18)15(16(19)20-2)13(9-12)10-3-5-11(17)6-4-10/h3-6,12-15H,7-9H2,1-2H3/t12?,13-,14?,15+/m1/s1/i2-1. The van der Waals surface area contributed by atoms with Crippen molar-refractivity contribution in [3.63, 3.8) is 0 Å².